The summed E-state index contributed by atoms with van der Waals surface area (Å²) in [5.74, 6) is 0.0478. The van der Waals surface area contributed by atoms with Crippen LogP contribution in [0, 0.1) is 6.92 Å². The van der Waals surface area contributed by atoms with E-state index in [1.165, 1.54) is 18.4 Å². The van der Waals surface area contributed by atoms with Gasteiger partial charge in [0.25, 0.3) is 0 Å². The van der Waals surface area contributed by atoms with E-state index in [-0.39, 0.29) is 24.4 Å². The Morgan fingerprint density at radius 2 is 2.27 bits per heavy atom. The lowest BCUT2D eigenvalue weighted by Crippen LogP contribution is -2.40. The summed E-state index contributed by atoms with van der Waals surface area (Å²) >= 11 is 6.72. The van der Waals surface area contributed by atoms with Gasteiger partial charge in [-0.15, -0.1) is 15.6 Å². The summed E-state index contributed by atoms with van der Waals surface area (Å²) in [5, 5.41) is 7.04. The Bertz CT molecular complexity index is 1300. The van der Waals surface area contributed by atoms with Crippen LogP contribution in [0.4, 0.5) is 11.4 Å². The van der Waals surface area contributed by atoms with Crippen molar-refractivity contribution in [2.24, 2.45) is 0 Å². The molecule has 3 unspecified atom stereocenters. The second-order valence-electron chi connectivity index (χ2n) is 9.03. The van der Waals surface area contributed by atoms with Gasteiger partial charge in [0.15, 0.2) is 5.75 Å². The minimum absolute atomic E-state index is 0.189. The molecule has 0 spiro atoms. The van der Waals surface area contributed by atoms with Crippen LogP contribution in [0.15, 0.2) is 41.6 Å². The maximum absolute atomic E-state index is 13.6. The quantitative estimate of drug-likeness (QED) is 0.342. The number of halogens is 1. The molecule has 37 heavy (non-hydrogen) atoms. The Hall–Kier alpha value is -2.50. The van der Waals surface area contributed by atoms with Crippen molar-refractivity contribution >= 4 is 51.6 Å². The third-order valence-electron chi connectivity index (χ3n) is 6.69. The molecule has 4 heterocycles. The highest BCUT2D eigenvalue weighted by molar-refractivity contribution is 7.89. The molecule has 0 saturated carbocycles. The van der Waals surface area contributed by atoms with Crippen LogP contribution in [0.2, 0.25) is 4.34 Å². The topological polar surface area (TPSA) is 98.8 Å². The lowest BCUT2D eigenvalue weighted by Gasteiger charge is -2.25. The van der Waals surface area contributed by atoms with Crippen LogP contribution in [0.1, 0.15) is 40.8 Å². The van der Waals surface area contributed by atoms with E-state index in [1.54, 1.807) is 18.5 Å². The summed E-state index contributed by atoms with van der Waals surface area (Å²) in [6.07, 6.45) is 3.15. The summed E-state index contributed by atoms with van der Waals surface area (Å²) in [5.41, 5.74) is 4.85. The molecular formula is C26H29ClN4O4S2. The summed E-state index contributed by atoms with van der Waals surface area (Å²) in [6.45, 7) is 6.17. The molecule has 0 radical (unpaired) electrons. The van der Waals surface area contributed by atoms with Crippen molar-refractivity contribution in [1.29, 1.82) is 0 Å². The van der Waals surface area contributed by atoms with E-state index in [1.807, 2.05) is 16.4 Å². The molecule has 0 fully saturated rings. The average Bonchev–Trinajstić information content (AvgIpc) is 3.19. The minimum Gasteiger partial charge on any atom is -0.593 e. The number of thiophene rings is 1. The van der Waals surface area contributed by atoms with Crippen molar-refractivity contribution in [3.05, 3.63) is 62.6 Å². The van der Waals surface area contributed by atoms with Gasteiger partial charge in [0.1, 0.15) is 6.10 Å². The molecule has 0 amide bonds. The summed E-state index contributed by atoms with van der Waals surface area (Å²) in [7, 11) is 1.40. The highest BCUT2D eigenvalue weighted by Gasteiger charge is 2.36. The van der Waals surface area contributed by atoms with E-state index in [9.17, 15) is 9.35 Å². The van der Waals surface area contributed by atoms with Gasteiger partial charge in [-0.3, -0.25) is 9.78 Å². The van der Waals surface area contributed by atoms with Crippen molar-refractivity contribution in [3.8, 4) is 5.75 Å². The molecule has 2 aromatic heterocycles. The van der Waals surface area contributed by atoms with E-state index in [0.717, 1.165) is 39.5 Å². The van der Waals surface area contributed by atoms with Gasteiger partial charge in [-0.25, -0.2) is 0 Å². The zero-order valence-electron chi connectivity index (χ0n) is 20.9. The molecule has 1 aromatic carbocycles. The van der Waals surface area contributed by atoms with Gasteiger partial charge < -0.3 is 24.7 Å². The summed E-state index contributed by atoms with van der Waals surface area (Å²) < 4.78 is 27.5. The Morgan fingerprint density at radius 1 is 1.43 bits per heavy atom. The van der Waals surface area contributed by atoms with E-state index in [0.29, 0.717) is 34.6 Å². The highest BCUT2D eigenvalue weighted by atomic mass is 35.5. The van der Waals surface area contributed by atoms with E-state index in [2.05, 4.69) is 35.5 Å². The predicted octanol–water partition coefficient (Wildman–Crippen LogP) is 4.94. The first-order chi connectivity index (χ1) is 17.9. The molecule has 6 bridgehead atoms. The molecule has 4 atom stereocenters. The number of nitrogens with one attached hydrogen (secondary N) is 2. The largest absolute Gasteiger partial charge is 0.593 e. The summed E-state index contributed by atoms with van der Waals surface area (Å²) in [4.78, 5) is 18.2. The first-order valence-corrected chi connectivity index (χ1v) is 14.4. The first-order valence-electron chi connectivity index (χ1n) is 12.1. The molecule has 0 aliphatic carbocycles. The average molecular weight is 561 g/mol. The fourth-order valence-electron chi connectivity index (χ4n) is 4.87. The third kappa shape index (κ3) is 5.26. The molecule has 2 aliphatic heterocycles. The van der Waals surface area contributed by atoms with Crippen molar-refractivity contribution < 1.29 is 18.8 Å². The van der Waals surface area contributed by atoms with Gasteiger partial charge in [-0.1, -0.05) is 17.7 Å². The lowest BCUT2D eigenvalue weighted by molar-refractivity contribution is -0.140. The Morgan fingerprint density at radius 3 is 3.05 bits per heavy atom. The number of nitrogens with zero attached hydrogens (tertiary/aromatic N) is 2. The third-order valence-corrected chi connectivity index (χ3v) is 9.67. The van der Waals surface area contributed by atoms with Crippen LogP contribution in [0.3, 0.4) is 0 Å². The van der Waals surface area contributed by atoms with Gasteiger partial charge in [0.2, 0.25) is 4.90 Å². The molecule has 3 aromatic rings. The number of rotatable bonds is 4. The molecule has 196 valence electrons. The van der Waals surface area contributed by atoms with E-state index in [4.69, 9.17) is 21.1 Å². The minimum atomic E-state index is -1.48. The zero-order valence-corrected chi connectivity index (χ0v) is 23.3. The highest BCUT2D eigenvalue weighted by Crippen LogP contribution is 2.43. The zero-order chi connectivity index (χ0) is 26.1. The lowest BCUT2D eigenvalue weighted by atomic mass is 9.89. The first kappa shape index (κ1) is 26.1. The van der Waals surface area contributed by atoms with Gasteiger partial charge in [0.05, 0.1) is 66.4 Å². The number of hydrogen-bond donors (Lipinski definition) is 2. The number of ether oxygens (including phenoxy) is 2. The fourth-order valence-corrected chi connectivity index (χ4v) is 7.55. The molecule has 5 rings (SSSR count). The number of benzene rings is 1. The fraction of sp³-hybridized carbons (Fsp3) is 0.385. The normalized spacial score (nSPS) is 22.6. The van der Waals surface area contributed by atoms with Crippen LogP contribution >= 0.6 is 22.9 Å². The molecule has 2 N–H and O–H groups in total. The number of anilines is 2. The van der Waals surface area contributed by atoms with Crippen molar-refractivity contribution in [3.63, 3.8) is 0 Å². The molecule has 0 saturated heterocycles. The van der Waals surface area contributed by atoms with Crippen molar-refractivity contribution in [2.45, 2.75) is 43.7 Å². The maximum atomic E-state index is 13.6. The van der Waals surface area contributed by atoms with Crippen LogP contribution in [0.5, 0.6) is 5.75 Å². The number of fused-ring (bicyclic) bond motifs is 7. The number of carbonyl (C=O) groups excluding carboxylic acids is 1. The second kappa shape index (κ2) is 11.1. The SMILES string of the molecule is CCNc1ccc2c(C)c1NC[C@@H]1CN(Cc3cc(sc3Cl)C2CC(=O)OC)[S+]([O-])c2cnccc2O1. The van der Waals surface area contributed by atoms with E-state index < -0.39 is 11.4 Å². The summed E-state index contributed by atoms with van der Waals surface area (Å²) in [6, 6.07) is 7.91. The monoisotopic (exact) mass is 560 g/mol. The van der Waals surface area contributed by atoms with Gasteiger partial charge in [-0.2, -0.15) is 0 Å². The number of esters is 1. The smallest absolute Gasteiger partial charge is 0.306 e. The molecule has 11 heteroatoms. The molecular weight excluding hydrogens is 532 g/mol. The van der Waals surface area contributed by atoms with Gasteiger partial charge in [-0.05, 0) is 37.1 Å². The van der Waals surface area contributed by atoms with Gasteiger partial charge >= 0.3 is 5.97 Å². The molecule has 8 nitrogen and oxygen atoms in total. The van der Waals surface area contributed by atoms with Crippen molar-refractivity contribution in [2.75, 3.05) is 37.4 Å². The number of carbonyl (C=O) groups is 1. The van der Waals surface area contributed by atoms with Crippen LogP contribution < -0.4 is 15.4 Å². The second-order valence-corrected chi connectivity index (χ2v) is 12.2. The van der Waals surface area contributed by atoms with Gasteiger partial charge in [0, 0.05) is 35.2 Å². The number of pyridine rings is 1. The maximum Gasteiger partial charge on any atom is 0.306 e. The Kier molecular flexibility index (Phi) is 7.83. The van der Waals surface area contributed by atoms with E-state index >= 15 is 0 Å². The standard InChI is InChI=1S/C26H29ClN4O4S2/c1-4-29-20-6-5-18-15(2)25(20)30-11-17-14-31(37(33)23-12-28-8-7-21(23)35-17)13-16-9-22(36-26(16)27)19(18)10-24(32)34-3/h5-9,12,17,19,29-30H,4,10-11,13-14H2,1-3H3/t17-,19?,37?/m1/s1. The van der Waals surface area contributed by atoms with Crippen LogP contribution in [-0.4, -0.2) is 52.7 Å². The number of hydrogen-bond acceptors (Lipinski definition) is 9. The number of methoxy groups -OCH3 is 1. The van der Waals surface area contributed by atoms with Crippen LogP contribution in [0.25, 0.3) is 0 Å². The predicted molar refractivity (Wildman–Crippen MR) is 147 cm³/mol. The van der Waals surface area contributed by atoms with Crippen LogP contribution in [-0.2, 0) is 27.4 Å². The molecule has 2 aliphatic rings. The Labute approximate surface area is 228 Å². The Balaban J connectivity index is 1.66. The van der Waals surface area contributed by atoms with Crippen molar-refractivity contribution in [1.82, 2.24) is 9.29 Å². The number of aromatic nitrogens is 1.